The second-order valence-corrected chi connectivity index (χ2v) is 7.62. The van der Waals surface area contributed by atoms with Crippen LogP contribution in [0.3, 0.4) is 0 Å². The van der Waals surface area contributed by atoms with E-state index in [0.29, 0.717) is 0 Å². The minimum absolute atomic E-state index is 1.27. The topological polar surface area (TPSA) is 0 Å². The van der Waals surface area contributed by atoms with Crippen molar-refractivity contribution in [3.05, 3.63) is 0 Å². The lowest BCUT2D eigenvalue weighted by Crippen LogP contribution is -1.84. The van der Waals surface area contributed by atoms with Gasteiger partial charge in [-0.05, 0) is 30.6 Å². The van der Waals surface area contributed by atoms with Gasteiger partial charge >= 0.3 is 0 Å². The molecule has 0 unspecified atom stereocenters. The van der Waals surface area contributed by atoms with Crippen LogP contribution in [-0.2, 0) is 0 Å². The van der Waals surface area contributed by atoms with Gasteiger partial charge in [0.05, 0.1) is 0 Å². The van der Waals surface area contributed by atoms with Gasteiger partial charge in [0.1, 0.15) is 0 Å². The number of rotatable bonds is 10. The van der Waals surface area contributed by atoms with E-state index in [0.717, 1.165) is 0 Å². The Morgan fingerprint density at radius 2 is 1.54 bits per heavy atom. The summed E-state index contributed by atoms with van der Waals surface area (Å²) in [6.07, 6.45) is 4.96. The van der Waals surface area contributed by atoms with E-state index >= 15 is 0 Å². The lowest BCUT2D eigenvalue weighted by molar-refractivity contribution is 0.909. The SMILES string of the molecule is CCSCCCCSSCCSC. The molecule has 80 valence electrons. The first kappa shape index (κ1) is 14.4. The van der Waals surface area contributed by atoms with Crippen LogP contribution >= 0.6 is 45.1 Å². The first-order valence-corrected chi connectivity index (χ1v) is 9.76. The first-order chi connectivity index (χ1) is 6.41. The highest BCUT2D eigenvalue weighted by Crippen LogP contribution is 2.23. The van der Waals surface area contributed by atoms with E-state index in [1.807, 2.05) is 33.3 Å². The van der Waals surface area contributed by atoms with E-state index in [9.17, 15) is 0 Å². The Hall–Kier alpha value is 1.40. The lowest BCUT2D eigenvalue weighted by Gasteiger charge is -2.00. The Labute approximate surface area is 99.6 Å². The number of hydrogen-bond acceptors (Lipinski definition) is 4. The molecule has 0 aromatic heterocycles. The summed E-state index contributed by atoms with van der Waals surface area (Å²) < 4.78 is 0. The summed E-state index contributed by atoms with van der Waals surface area (Å²) in [7, 11) is 4.08. The molecule has 0 nitrogen and oxygen atoms in total. The summed E-state index contributed by atoms with van der Waals surface area (Å²) >= 11 is 4.00. The molecule has 0 heterocycles. The van der Waals surface area contributed by atoms with Crippen molar-refractivity contribution in [2.24, 2.45) is 0 Å². The average Bonchev–Trinajstić information content (AvgIpc) is 2.16. The fraction of sp³-hybridized carbons (Fsp3) is 1.00. The van der Waals surface area contributed by atoms with Gasteiger partial charge in [-0.15, -0.1) is 0 Å². The molecule has 0 aromatic rings. The van der Waals surface area contributed by atoms with E-state index in [4.69, 9.17) is 0 Å². The van der Waals surface area contributed by atoms with Gasteiger partial charge in [-0.3, -0.25) is 0 Å². The Balaban J connectivity index is 2.76. The molecule has 0 saturated heterocycles. The summed E-state index contributed by atoms with van der Waals surface area (Å²) in [6.45, 7) is 2.23. The molecule has 0 aromatic carbocycles. The van der Waals surface area contributed by atoms with Crippen molar-refractivity contribution < 1.29 is 0 Å². The quantitative estimate of drug-likeness (QED) is 0.423. The van der Waals surface area contributed by atoms with E-state index < -0.39 is 0 Å². The van der Waals surface area contributed by atoms with E-state index in [1.165, 1.54) is 41.6 Å². The molecule has 0 N–H and O–H groups in total. The molecule has 4 heteroatoms. The largest absolute Gasteiger partial charge is 0.165 e. The van der Waals surface area contributed by atoms with Crippen LogP contribution in [-0.4, -0.2) is 35.0 Å². The fourth-order valence-corrected chi connectivity index (χ4v) is 4.61. The molecule has 13 heavy (non-hydrogen) atoms. The highest BCUT2D eigenvalue weighted by atomic mass is 33.1. The standard InChI is InChI=1S/C9H20S4/c1-3-11-6-4-5-7-12-13-9-8-10-2/h3-9H2,1-2H3. The second kappa shape index (κ2) is 13.4. The van der Waals surface area contributed by atoms with Crippen LogP contribution in [0.1, 0.15) is 19.8 Å². The van der Waals surface area contributed by atoms with Crippen LogP contribution in [0.2, 0.25) is 0 Å². The zero-order valence-electron chi connectivity index (χ0n) is 8.58. The third-order valence-corrected chi connectivity index (χ3v) is 5.77. The van der Waals surface area contributed by atoms with Gasteiger partial charge in [-0.2, -0.15) is 23.5 Å². The minimum Gasteiger partial charge on any atom is -0.165 e. The molecule has 0 saturated carbocycles. The van der Waals surface area contributed by atoms with Crippen molar-refractivity contribution in [2.75, 3.05) is 35.0 Å². The average molecular weight is 257 g/mol. The minimum atomic E-state index is 1.27. The van der Waals surface area contributed by atoms with Crippen molar-refractivity contribution in [1.82, 2.24) is 0 Å². The number of hydrogen-bond donors (Lipinski definition) is 0. The molecule has 0 rings (SSSR count). The molecule has 0 fully saturated rings. The summed E-state index contributed by atoms with van der Waals surface area (Å²) in [5.41, 5.74) is 0. The summed E-state index contributed by atoms with van der Waals surface area (Å²) in [6, 6.07) is 0. The van der Waals surface area contributed by atoms with Gasteiger partial charge in [0.15, 0.2) is 0 Å². The molecule has 0 bridgehead atoms. The van der Waals surface area contributed by atoms with Crippen molar-refractivity contribution in [3.63, 3.8) is 0 Å². The van der Waals surface area contributed by atoms with Crippen LogP contribution in [0.5, 0.6) is 0 Å². The van der Waals surface area contributed by atoms with Gasteiger partial charge in [-0.25, -0.2) is 0 Å². The zero-order chi connectivity index (χ0) is 9.78. The maximum Gasteiger partial charge on any atom is 0.0128 e. The molecule has 0 aliphatic rings. The summed E-state index contributed by atoms with van der Waals surface area (Å²) in [4.78, 5) is 0. The highest BCUT2D eigenvalue weighted by molar-refractivity contribution is 8.76. The maximum atomic E-state index is 2.23. The molecule has 0 spiro atoms. The monoisotopic (exact) mass is 256 g/mol. The normalized spacial score (nSPS) is 10.6. The molecular weight excluding hydrogens is 236 g/mol. The lowest BCUT2D eigenvalue weighted by atomic mass is 10.4. The van der Waals surface area contributed by atoms with Crippen LogP contribution < -0.4 is 0 Å². The Morgan fingerprint density at radius 1 is 0.846 bits per heavy atom. The smallest absolute Gasteiger partial charge is 0.0128 e. The van der Waals surface area contributed by atoms with E-state index in [-0.39, 0.29) is 0 Å². The van der Waals surface area contributed by atoms with Crippen molar-refractivity contribution >= 4 is 45.1 Å². The van der Waals surface area contributed by atoms with Gasteiger partial charge in [0.25, 0.3) is 0 Å². The van der Waals surface area contributed by atoms with Crippen LogP contribution in [0.25, 0.3) is 0 Å². The van der Waals surface area contributed by atoms with Crippen LogP contribution in [0.4, 0.5) is 0 Å². The maximum absolute atomic E-state index is 2.23. The molecule has 0 aliphatic heterocycles. The summed E-state index contributed by atoms with van der Waals surface area (Å²) in [5.74, 6) is 6.56. The predicted octanol–water partition coefficient (Wildman–Crippen LogP) is 4.26. The molecule has 0 atom stereocenters. The third-order valence-electron chi connectivity index (χ3n) is 1.42. The molecule has 0 radical (unpaired) electrons. The van der Waals surface area contributed by atoms with Crippen molar-refractivity contribution in [3.8, 4) is 0 Å². The Morgan fingerprint density at radius 3 is 2.23 bits per heavy atom. The summed E-state index contributed by atoms with van der Waals surface area (Å²) in [5, 5.41) is 0. The van der Waals surface area contributed by atoms with Crippen molar-refractivity contribution in [2.45, 2.75) is 19.8 Å². The Kier molecular flexibility index (Phi) is 14.8. The second-order valence-electron chi connectivity index (χ2n) is 2.54. The number of unbranched alkanes of at least 4 members (excludes halogenated alkanes) is 1. The highest BCUT2D eigenvalue weighted by Gasteiger charge is 1.91. The van der Waals surface area contributed by atoms with Gasteiger partial charge in [0, 0.05) is 17.3 Å². The molecule has 0 amide bonds. The van der Waals surface area contributed by atoms with E-state index in [2.05, 4.69) is 24.9 Å². The van der Waals surface area contributed by atoms with Crippen LogP contribution in [0, 0.1) is 0 Å². The van der Waals surface area contributed by atoms with Gasteiger partial charge in [-0.1, -0.05) is 28.5 Å². The number of thioether (sulfide) groups is 2. The third kappa shape index (κ3) is 13.4. The first-order valence-electron chi connectivity index (χ1n) is 4.73. The van der Waals surface area contributed by atoms with Gasteiger partial charge in [0.2, 0.25) is 0 Å². The van der Waals surface area contributed by atoms with Gasteiger partial charge < -0.3 is 0 Å². The molecular formula is C9H20S4. The zero-order valence-corrected chi connectivity index (χ0v) is 11.8. The van der Waals surface area contributed by atoms with Crippen LogP contribution in [0.15, 0.2) is 0 Å². The van der Waals surface area contributed by atoms with Crippen molar-refractivity contribution in [1.29, 1.82) is 0 Å². The fourth-order valence-electron chi connectivity index (χ4n) is 0.745. The van der Waals surface area contributed by atoms with E-state index in [1.54, 1.807) is 0 Å². The predicted molar refractivity (Wildman–Crippen MR) is 75.5 cm³/mol. The Bertz CT molecular complexity index is 77.7. The molecule has 0 aliphatic carbocycles.